The van der Waals surface area contributed by atoms with Crippen LogP contribution in [0, 0.1) is 19.8 Å². The van der Waals surface area contributed by atoms with Crippen molar-refractivity contribution in [3.8, 4) is 0 Å². The molecule has 1 aliphatic carbocycles. The number of aliphatic hydroxyl groups excluding tert-OH is 1. The van der Waals surface area contributed by atoms with Gasteiger partial charge in [0.2, 0.25) is 0 Å². The topological polar surface area (TPSA) is 23.5 Å². The van der Waals surface area contributed by atoms with Crippen LogP contribution in [0.25, 0.3) is 0 Å². The summed E-state index contributed by atoms with van der Waals surface area (Å²) >= 11 is 0. The average molecular weight is 289 g/mol. The molecule has 1 saturated carbocycles. The van der Waals surface area contributed by atoms with E-state index >= 15 is 0 Å². The van der Waals surface area contributed by atoms with Gasteiger partial charge < -0.3 is 10.0 Å². The van der Waals surface area contributed by atoms with Crippen molar-refractivity contribution >= 4 is 0 Å². The molecule has 0 spiro atoms. The monoisotopic (exact) mass is 289 g/mol. The Morgan fingerprint density at radius 2 is 1.76 bits per heavy atom. The molecule has 0 aromatic heterocycles. The van der Waals surface area contributed by atoms with Crippen molar-refractivity contribution in [2.75, 3.05) is 13.6 Å². The van der Waals surface area contributed by atoms with Gasteiger partial charge in [0, 0.05) is 12.6 Å². The third-order valence-electron chi connectivity index (χ3n) is 5.02. The van der Waals surface area contributed by atoms with Crippen molar-refractivity contribution in [1.82, 2.24) is 4.90 Å². The molecular formula is C19H31NO. The molecule has 0 bridgehead atoms. The first kappa shape index (κ1) is 16.5. The van der Waals surface area contributed by atoms with E-state index in [4.69, 9.17) is 0 Å². The lowest BCUT2D eigenvalue weighted by atomic mass is 9.85. The minimum absolute atomic E-state index is 0.343. The number of rotatable bonds is 5. The van der Waals surface area contributed by atoms with Crippen LogP contribution in [0.5, 0.6) is 0 Å². The first-order valence-corrected chi connectivity index (χ1v) is 8.44. The minimum atomic E-state index is -0.343. The van der Waals surface area contributed by atoms with Gasteiger partial charge in [-0.25, -0.2) is 0 Å². The Morgan fingerprint density at radius 3 is 2.38 bits per heavy atom. The fraction of sp³-hybridized carbons (Fsp3) is 0.684. The van der Waals surface area contributed by atoms with Crippen molar-refractivity contribution in [3.63, 3.8) is 0 Å². The van der Waals surface area contributed by atoms with Crippen molar-refractivity contribution < 1.29 is 5.11 Å². The summed E-state index contributed by atoms with van der Waals surface area (Å²) in [5.41, 5.74) is 3.54. The lowest BCUT2D eigenvalue weighted by Gasteiger charge is -2.36. The van der Waals surface area contributed by atoms with Gasteiger partial charge >= 0.3 is 0 Å². The fourth-order valence-electron chi connectivity index (χ4n) is 3.81. The van der Waals surface area contributed by atoms with E-state index in [-0.39, 0.29) is 6.10 Å². The molecular weight excluding hydrogens is 258 g/mol. The molecule has 2 nitrogen and oxygen atoms in total. The quantitative estimate of drug-likeness (QED) is 0.876. The third kappa shape index (κ3) is 4.55. The average Bonchev–Trinajstić information content (AvgIpc) is 2.43. The smallest absolute Gasteiger partial charge is 0.0802 e. The van der Waals surface area contributed by atoms with Gasteiger partial charge in [-0.2, -0.15) is 0 Å². The maximum atomic E-state index is 10.5. The summed E-state index contributed by atoms with van der Waals surface area (Å²) in [6.45, 7) is 7.54. The van der Waals surface area contributed by atoms with Crippen LogP contribution in [-0.2, 0) is 0 Å². The van der Waals surface area contributed by atoms with Gasteiger partial charge in [0.25, 0.3) is 0 Å². The van der Waals surface area contributed by atoms with Crippen molar-refractivity contribution in [2.45, 2.75) is 65.0 Å². The number of benzene rings is 1. The summed E-state index contributed by atoms with van der Waals surface area (Å²) in [6, 6.07) is 7.08. The Labute approximate surface area is 130 Å². The molecule has 3 atom stereocenters. The normalized spacial score (nSPS) is 24.3. The van der Waals surface area contributed by atoms with Crippen LogP contribution < -0.4 is 0 Å². The first-order chi connectivity index (χ1) is 9.97. The molecule has 1 aromatic rings. The van der Waals surface area contributed by atoms with Gasteiger partial charge in [-0.3, -0.25) is 0 Å². The predicted octanol–water partition coefficient (Wildman–Crippen LogP) is 4.24. The molecule has 21 heavy (non-hydrogen) atoms. The molecule has 0 saturated heterocycles. The van der Waals surface area contributed by atoms with E-state index in [9.17, 15) is 5.11 Å². The second-order valence-corrected chi connectivity index (χ2v) is 7.04. The summed E-state index contributed by atoms with van der Waals surface area (Å²) in [6.07, 6.45) is 5.90. The molecule has 3 unspecified atom stereocenters. The van der Waals surface area contributed by atoms with Crippen LogP contribution in [0.4, 0.5) is 0 Å². The lowest BCUT2D eigenvalue weighted by Crippen LogP contribution is -2.39. The fourth-order valence-corrected chi connectivity index (χ4v) is 3.81. The standard InChI is InChI=1S/C19H31NO/c1-14-11-15(2)13-17(12-14)19(21)9-10-20(4)18-8-6-5-7-16(18)3/h11-13,16,18-19,21H,5-10H2,1-4H3. The van der Waals surface area contributed by atoms with E-state index < -0.39 is 0 Å². The zero-order chi connectivity index (χ0) is 15.4. The largest absolute Gasteiger partial charge is 0.388 e. The Morgan fingerprint density at radius 1 is 1.14 bits per heavy atom. The molecule has 1 aromatic carbocycles. The van der Waals surface area contributed by atoms with E-state index in [0.717, 1.165) is 24.4 Å². The van der Waals surface area contributed by atoms with E-state index in [1.165, 1.54) is 36.8 Å². The summed E-state index contributed by atoms with van der Waals surface area (Å²) in [5, 5.41) is 10.5. The van der Waals surface area contributed by atoms with Crippen LogP contribution >= 0.6 is 0 Å². The summed E-state index contributed by atoms with van der Waals surface area (Å²) < 4.78 is 0. The molecule has 2 heteroatoms. The molecule has 118 valence electrons. The number of aryl methyl sites for hydroxylation is 2. The zero-order valence-corrected chi connectivity index (χ0v) is 14.1. The van der Waals surface area contributed by atoms with Crippen molar-refractivity contribution in [1.29, 1.82) is 0 Å². The predicted molar refractivity (Wildman–Crippen MR) is 89.5 cm³/mol. The summed E-state index contributed by atoms with van der Waals surface area (Å²) in [7, 11) is 2.22. The van der Waals surface area contributed by atoms with Crippen LogP contribution in [0.3, 0.4) is 0 Å². The minimum Gasteiger partial charge on any atom is -0.388 e. The number of nitrogens with zero attached hydrogens (tertiary/aromatic N) is 1. The van der Waals surface area contributed by atoms with Gasteiger partial charge in [-0.15, -0.1) is 0 Å². The number of hydrogen-bond donors (Lipinski definition) is 1. The van der Waals surface area contributed by atoms with Gasteiger partial charge in [0.1, 0.15) is 0 Å². The zero-order valence-electron chi connectivity index (χ0n) is 14.1. The molecule has 0 radical (unpaired) electrons. The second kappa shape index (κ2) is 7.42. The molecule has 1 N–H and O–H groups in total. The number of aliphatic hydroxyl groups is 1. The summed E-state index contributed by atoms with van der Waals surface area (Å²) in [5.74, 6) is 0.794. The Balaban J connectivity index is 1.89. The highest BCUT2D eigenvalue weighted by atomic mass is 16.3. The first-order valence-electron chi connectivity index (χ1n) is 8.44. The highest BCUT2D eigenvalue weighted by molar-refractivity contribution is 5.29. The van der Waals surface area contributed by atoms with Crippen molar-refractivity contribution in [2.24, 2.45) is 5.92 Å². The molecule has 1 fully saturated rings. The Bertz CT molecular complexity index is 437. The molecule has 0 aliphatic heterocycles. The molecule has 2 rings (SSSR count). The highest BCUT2D eigenvalue weighted by Gasteiger charge is 2.25. The SMILES string of the molecule is Cc1cc(C)cc(C(O)CCN(C)C2CCCCC2C)c1. The molecule has 0 amide bonds. The van der Waals surface area contributed by atoms with Gasteiger partial charge in [-0.05, 0) is 51.6 Å². The summed E-state index contributed by atoms with van der Waals surface area (Å²) in [4.78, 5) is 2.47. The van der Waals surface area contributed by atoms with Gasteiger partial charge in [-0.1, -0.05) is 49.1 Å². The third-order valence-corrected chi connectivity index (χ3v) is 5.02. The maximum absolute atomic E-state index is 10.5. The van der Waals surface area contributed by atoms with E-state index in [1.54, 1.807) is 0 Å². The van der Waals surface area contributed by atoms with Gasteiger partial charge in [0.15, 0.2) is 0 Å². The lowest BCUT2D eigenvalue weighted by molar-refractivity contribution is 0.103. The van der Waals surface area contributed by atoms with Crippen LogP contribution in [-0.4, -0.2) is 29.6 Å². The van der Waals surface area contributed by atoms with E-state index in [0.29, 0.717) is 6.04 Å². The van der Waals surface area contributed by atoms with E-state index in [2.05, 4.69) is 50.9 Å². The van der Waals surface area contributed by atoms with Crippen molar-refractivity contribution in [3.05, 3.63) is 34.9 Å². The number of hydrogen-bond acceptors (Lipinski definition) is 2. The molecule has 0 heterocycles. The Kier molecular flexibility index (Phi) is 5.83. The Hall–Kier alpha value is -0.860. The van der Waals surface area contributed by atoms with Crippen LogP contribution in [0.1, 0.15) is 61.8 Å². The highest BCUT2D eigenvalue weighted by Crippen LogP contribution is 2.28. The van der Waals surface area contributed by atoms with Gasteiger partial charge in [0.05, 0.1) is 6.10 Å². The van der Waals surface area contributed by atoms with Crippen LogP contribution in [0.15, 0.2) is 18.2 Å². The van der Waals surface area contributed by atoms with Crippen LogP contribution in [0.2, 0.25) is 0 Å². The second-order valence-electron chi connectivity index (χ2n) is 7.04. The van der Waals surface area contributed by atoms with E-state index in [1.807, 2.05) is 0 Å². The maximum Gasteiger partial charge on any atom is 0.0802 e. The molecule has 1 aliphatic rings.